The molecular weight excluding hydrogens is 468 g/mol. The highest BCUT2D eigenvalue weighted by atomic mass is 32.2. The Morgan fingerprint density at radius 1 is 1.15 bits per heavy atom. The van der Waals surface area contributed by atoms with Crippen LogP contribution in [0.3, 0.4) is 0 Å². The Morgan fingerprint density at radius 2 is 1.91 bits per heavy atom. The SMILES string of the molecule is CS(=O)(=O)N(CCCC(=O)Nc1ccccc1C(=O)NC[C@@H]1CCCO1)c1ccc(F)c(F)c1. The second kappa shape index (κ2) is 11.4. The van der Waals surface area contributed by atoms with E-state index < -0.39 is 27.6 Å². The first-order valence-corrected chi connectivity index (χ1v) is 12.7. The van der Waals surface area contributed by atoms with Crippen molar-refractivity contribution in [2.24, 2.45) is 0 Å². The molecule has 8 nitrogen and oxygen atoms in total. The number of amides is 2. The lowest BCUT2D eigenvalue weighted by molar-refractivity contribution is -0.116. The molecule has 2 amide bonds. The molecule has 0 aromatic heterocycles. The van der Waals surface area contributed by atoms with Gasteiger partial charge in [0.1, 0.15) is 0 Å². The second-order valence-corrected chi connectivity index (χ2v) is 9.88. The molecule has 0 unspecified atom stereocenters. The zero-order chi connectivity index (χ0) is 24.7. The Morgan fingerprint density at radius 3 is 2.59 bits per heavy atom. The standard InChI is InChI=1S/C23H27F2N3O5S/c1-34(31,32)28(16-10-11-19(24)20(25)14-16)12-4-9-22(29)27-21-8-3-2-7-18(21)23(30)26-15-17-6-5-13-33-17/h2-3,7-8,10-11,14,17H,4-6,9,12-13,15H2,1H3,(H,26,30)(H,27,29)/t17-/m0/s1. The van der Waals surface area contributed by atoms with Gasteiger partial charge in [-0.1, -0.05) is 12.1 Å². The van der Waals surface area contributed by atoms with Crippen LogP contribution in [0.5, 0.6) is 0 Å². The van der Waals surface area contributed by atoms with E-state index in [-0.39, 0.29) is 37.1 Å². The number of benzene rings is 2. The van der Waals surface area contributed by atoms with Gasteiger partial charge in [0.2, 0.25) is 15.9 Å². The number of sulfonamides is 1. The number of ether oxygens (including phenoxy) is 1. The van der Waals surface area contributed by atoms with Crippen molar-refractivity contribution in [2.75, 3.05) is 35.6 Å². The summed E-state index contributed by atoms with van der Waals surface area (Å²) in [5.74, 6) is -3.01. The summed E-state index contributed by atoms with van der Waals surface area (Å²) in [5.41, 5.74) is 0.598. The van der Waals surface area contributed by atoms with E-state index >= 15 is 0 Å². The third kappa shape index (κ3) is 6.97. The van der Waals surface area contributed by atoms with Crippen LogP contribution in [0, 0.1) is 11.6 Å². The fourth-order valence-corrected chi connectivity index (χ4v) is 4.58. The number of hydrogen-bond donors (Lipinski definition) is 2. The van der Waals surface area contributed by atoms with Crippen molar-refractivity contribution in [1.82, 2.24) is 5.32 Å². The lowest BCUT2D eigenvalue weighted by atomic mass is 10.1. The van der Waals surface area contributed by atoms with Gasteiger partial charge in [-0.05, 0) is 43.5 Å². The van der Waals surface area contributed by atoms with Gasteiger partial charge in [-0.2, -0.15) is 0 Å². The van der Waals surface area contributed by atoms with Crippen LogP contribution in [-0.4, -0.2) is 52.3 Å². The quantitative estimate of drug-likeness (QED) is 0.527. The molecular formula is C23H27F2N3O5S. The van der Waals surface area contributed by atoms with Gasteiger partial charge >= 0.3 is 0 Å². The zero-order valence-corrected chi connectivity index (χ0v) is 19.5. The summed E-state index contributed by atoms with van der Waals surface area (Å²) in [6, 6.07) is 9.35. The monoisotopic (exact) mass is 495 g/mol. The molecule has 34 heavy (non-hydrogen) atoms. The minimum Gasteiger partial charge on any atom is -0.376 e. The molecule has 2 N–H and O–H groups in total. The topological polar surface area (TPSA) is 105 Å². The number of carbonyl (C=O) groups excluding carboxylic acids is 2. The summed E-state index contributed by atoms with van der Waals surface area (Å²) in [4.78, 5) is 25.1. The van der Waals surface area contributed by atoms with Gasteiger partial charge < -0.3 is 15.4 Å². The van der Waals surface area contributed by atoms with Gasteiger partial charge in [-0.15, -0.1) is 0 Å². The average molecular weight is 496 g/mol. The largest absolute Gasteiger partial charge is 0.376 e. The van der Waals surface area contributed by atoms with Crippen molar-refractivity contribution in [1.29, 1.82) is 0 Å². The number of hydrogen-bond acceptors (Lipinski definition) is 5. The first-order chi connectivity index (χ1) is 16.1. The first-order valence-electron chi connectivity index (χ1n) is 10.9. The number of para-hydroxylation sites is 1. The third-order valence-corrected chi connectivity index (χ3v) is 6.51. The van der Waals surface area contributed by atoms with Crippen LogP contribution in [0.2, 0.25) is 0 Å². The van der Waals surface area contributed by atoms with E-state index in [2.05, 4.69) is 10.6 Å². The number of carbonyl (C=O) groups is 2. The van der Waals surface area contributed by atoms with E-state index in [1.807, 2.05) is 0 Å². The van der Waals surface area contributed by atoms with E-state index in [0.29, 0.717) is 24.4 Å². The molecule has 1 heterocycles. The van der Waals surface area contributed by atoms with E-state index in [4.69, 9.17) is 4.74 Å². The van der Waals surface area contributed by atoms with Gasteiger partial charge in [0.15, 0.2) is 11.6 Å². The van der Waals surface area contributed by atoms with Gasteiger partial charge in [-0.3, -0.25) is 13.9 Å². The predicted octanol–water partition coefficient (Wildman–Crippen LogP) is 3.06. The fraction of sp³-hybridized carbons (Fsp3) is 0.391. The Balaban J connectivity index is 1.58. The molecule has 0 saturated carbocycles. The van der Waals surface area contributed by atoms with Crippen LogP contribution in [0.25, 0.3) is 0 Å². The average Bonchev–Trinajstić information content (AvgIpc) is 3.30. The molecule has 1 fully saturated rings. The molecule has 11 heteroatoms. The maximum atomic E-state index is 13.6. The minimum atomic E-state index is -3.79. The van der Waals surface area contributed by atoms with Gasteiger partial charge in [-0.25, -0.2) is 17.2 Å². The van der Waals surface area contributed by atoms with Crippen LogP contribution in [0.15, 0.2) is 42.5 Å². The lowest BCUT2D eigenvalue weighted by Crippen LogP contribution is -2.32. The molecule has 0 spiro atoms. The predicted molar refractivity (Wildman–Crippen MR) is 124 cm³/mol. The normalized spacial score (nSPS) is 15.7. The number of nitrogens with one attached hydrogen (secondary N) is 2. The van der Waals surface area contributed by atoms with Crippen molar-refractivity contribution in [3.63, 3.8) is 0 Å². The number of anilines is 2. The van der Waals surface area contributed by atoms with Crippen molar-refractivity contribution in [3.8, 4) is 0 Å². The highest BCUT2D eigenvalue weighted by Gasteiger charge is 2.21. The van der Waals surface area contributed by atoms with Crippen molar-refractivity contribution in [3.05, 3.63) is 59.7 Å². The summed E-state index contributed by atoms with van der Waals surface area (Å²) in [7, 11) is -3.79. The summed E-state index contributed by atoms with van der Waals surface area (Å²) in [6.07, 6.45) is 2.83. The highest BCUT2D eigenvalue weighted by molar-refractivity contribution is 7.92. The van der Waals surface area contributed by atoms with Gasteiger partial charge in [0.25, 0.3) is 5.91 Å². The van der Waals surface area contributed by atoms with Crippen LogP contribution in [-0.2, 0) is 19.6 Å². The number of halogens is 2. The molecule has 1 aliphatic rings. The maximum Gasteiger partial charge on any atom is 0.253 e. The Bertz CT molecular complexity index is 1140. The molecule has 1 aliphatic heterocycles. The molecule has 1 saturated heterocycles. The number of nitrogens with zero attached hydrogens (tertiary/aromatic N) is 1. The van der Waals surface area contributed by atoms with Gasteiger partial charge in [0.05, 0.1) is 29.3 Å². The van der Waals surface area contributed by atoms with Crippen molar-refractivity contribution in [2.45, 2.75) is 31.8 Å². The minimum absolute atomic E-state index is 0.0157. The first kappa shape index (κ1) is 25.6. The molecule has 0 radical (unpaired) electrons. The molecule has 3 rings (SSSR count). The van der Waals surface area contributed by atoms with Crippen molar-refractivity contribution < 1.29 is 31.5 Å². The Hall–Kier alpha value is -3.05. The van der Waals surface area contributed by atoms with E-state index in [0.717, 1.165) is 41.6 Å². The van der Waals surface area contributed by atoms with E-state index in [1.165, 1.54) is 0 Å². The molecule has 2 aromatic rings. The smallest absolute Gasteiger partial charge is 0.253 e. The Labute approximate surface area is 197 Å². The second-order valence-electron chi connectivity index (χ2n) is 7.98. The van der Waals surface area contributed by atoms with Crippen LogP contribution < -0.4 is 14.9 Å². The molecule has 2 aromatic carbocycles. The Kier molecular flexibility index (Phi) is 8.56. The third-order valence-electron chi connectivity index (χ3n) is 5.32. The van der Waals surface area contributed by atoms with E-state index in [9.17, 15) is 26.8 Å². The molecule has 0 aliphatic carbocycles. The molecule has 184 valence electrons. The zero-order valence-electron chi connectivity index (χ0n) is 18.7. The van der Waals surface area contributed by atoms with Crippen LogP contribution in [0.4, 0.5) is 20.2 Å². The fourth-order valence-electron chi connectivity index (χ4n) is 3.62. The molecule has 1 atom stereocenters. The summed E-state index contributed by atoms with van der Waals surface area (Å²) < 4.78 is 57.4. The summed E-state index contributed by atoms with van der Waals surface area (Å²) in [6.45, 7) is 0.952. The van der Waals surface area contributed by atoms with Crippen LogP contribution in [0.1, 0.15) is 36.0 Å². The lowest BCUT2D eigenvalue weighted by Gasteiger charge is -2.22. The maximum absolute atomic E-state index is 13.6. The van der Waals surface area contributed by atoms with E-state index in [1.54, 1.807) is 24.3 Å². The number of rotatable bonds is 10. The summed E-state index contributed by atoms with van der Waals surface area (Å²) in [5, 5.41) is 5.49. The summed E-state index contributed by atoms with van der Waals surface area (Å²) >= 11 is 0. The highest BCUT2D eigenvalue weighted by Crippen LogP contribution is 2.22. The van der Waals surface area contributed by atoms with Crippen molar-refractivity contribution >= 4 is 33.2 Å². The van der Waals surface area contributed by atoms with Gasteiger partial charge in [0, 0.05) is 32.2 Å². The molecule has 0 bridgehead atoms. The van der Waals surface area contributed by atoms with Crippen LogP contribution >= 0.6 is 0 Å².